The van der Waals surface area contributed by atoms with E-state index in [9.17, 15) is 4.79 Å². The summed E-state index contributed by atoms with van der Waals surface area (Å²) in [6, 6.07) is 6.51. The van der Waals surface area contributed by atoms with E-state index in [0.717, 1.165) is 17.3 Å². The Bertz CT molecular complexity index is 860. The SMILES string of the molecule is Cc1occc1-c1nnc(SCC(=O)c2ccc(Cl)c(Cl)c2)o1. The van der Waals surface area contributed by atoms with E-state index in [4.69, 9.17) is 32.0 Å². The summed E-state index contributed by atoms with van der Waals surface area (Å²) in [5, 5.41) is 8.93. The van der Waals surface area contributed by atoms with E-state index in [2.05, 4.69) is 10.2 Å². The summed E-state index contributed by atoms with van der Waals surface area (Å²) >= 11 is 12.9. The molecule has 0 atom stereocenters. The molecule has 118 valence electrons. The zero-order chi connectivity index (χ0) is 16.4. The Hall–Kier alpha value is -1.76. The van der Waals surface area contributed by atoms with Gasteiger partial charge in [-0.2, -0.15) is 0 Å². The molecule has 0 amide bonds. The average molecular weight is 369 g/mol. The lowest BCUT2D eigenvalue weighted by Gasteiger charge is -2.01. The van der Waals surface area contributed by atoms with Crippen molar-refractivity contribution in [3.63, 3.8) is 0 Å². The van der Waals surface area contributed by atoms with Crippen LogP contribution in [0.25, 0.3) is 11.5 Å². The van der Waals surface area contributed by atoms with Crippen LogP contribution in [0.4, 0.5) is 0 Å². The molecule has 0 saturated heterocycles. The first-order valence-electron chi connectivity index (χ1n) is 6.53. The van der Waals surface area contributed by atoms with Crippen molar-refractivity contribution in [2.24, 2.45) is 0 Å². The Morgan fingerprint density at radius 1 is 1.22 bits per heavy atom. The standard InChI is InChI=1S/C15H10Cl2N2O3S/c1-8-10(4-5-21-8)14-18-19-15(22-14)23-7-13(20)9-2-3-11(16)12(17)6-9/h2-6H,7H2,1H3. The highest BCUT2D eigenvalue weighted by atomic mass is 35.5. The first-order valence-corrected chi connectivity index (χ1v) is 8.28. The van der Waals surface area contributed by atoms with Gasteiger partial charge in [0.05, 0.1) is 27.6 Å². The smallest absolute Gasteiger partial charge is 0.277 e. The maximum absolute atomic E-state index is 12.1. The molecule has 3 aromatic rings. The number of nitrogens with zero attached hydrogens (tertiary/aromatic N) is 2. The number of aryl methyl sites for hydroxylation is 1. The first-order chi connectivity index (χ1) is 11.0. The van der Waals surface area contributed by atoms with Crippen molar-refractivity contribution in [2.75, 3.05) is 5.75 Å². The number of rotatable bonds is 5. The van der Waals surface area contributed by atoms with Gasteiger partial charge >= 0.3 is 0 Å². The molecule has 0 spiro atoms. The molecule has 2 aromatic heterocycles. The molecule has 0 N–H and O–H groups in total. The van der Waals surface area contributed by atoms with Crippen molar-refractivity contribution >= 4 is 40.7 Å². The lowest BCUT2D eigenvalue weighted by atomic mass is 10.1. The van der Waals surface area contributed by atoms with Crippen LogP contribution in [0.2, 0.25) is 10.0 Å². The summed E-state index contributed by atoms with van der Waals surface area (Å²) in [5.74, 6) is 1.11. The predicted octanol–water partition coefficient (Wildman–Crippen LogP) is 4.92. The molecule has 0 aliphatic carbocycles. The Kier molecular flexibility index (Phi) is 4.75. The summed E-state index contributed by atoms with van der Waals surface area (Å²) in [6.07, 6.45) is 1.55. The monoisotopic (exact) mass is 368 g/mol. The Balaban J connectivity index is 1.66. The molecular weight excluding hydrogens is 359 g/mol. The maximum atomic E-state index is 12.1. The largest absolute Gasteiger partial charge is 0.469 e. The summed E-state index contributed by atoms with van der Waals surface area (Å²) in [7, 11) is 0. The van der Waals surface area contributed by atoms with Crippen molar-refractivity contribution in [2.45, 2.75) is 12.1 Å². The van der Waals surface area contributed by atoms with Crippen LogP contribution >= 0.6 is 35.0 Å². The second-order valence-electron chi connectivity index (χ2n) is 4.60. The van der Waals surface area contributed by atoms with Crippen LogP contribution in [0.15, 0.2) is 44.6 Å². The molecule has 0 aliphatic rings. The van der Waals surface area contributed by atoms with Gasteiger partial charge in [0.25, 0.3) is 11.1 Å². The van der Waals surface area contributed by atoms with Gasteiger partial charge in [-0.3, -0.25) is 4.79 Å². The number of thioether (sulfide) groups is 1. The van der Waals surface area contributed by atoms with Crippen LogP contribution in [0, 0.1) is 6.92 Å². The number of halogens is 2. The molecule has 5 nitrogen and oxygen atoms in total. The predicted molar refractivity (Wildman–Crippen MR) is 88.3 cm³/mol. The van der Waals surface area contributed by atoms with Gasteiger partial charge in [-0.15, -0.1) is 10.2 Å². The summed E-state index contributed by atoms with van der Waals surface area (Å²) in [4.78, 5) is 12.1. The van der Waals surface area contributed by atoms with Gasteiger partial charge < -0.3 is 8.83 Å². The second-order valence-corrected chi connectivity index (χ2v) is 6.35. The highest BCUT2D eigenvalue weighted by molar-refractivity contribution is 7.99. The van der Waals surface area contributed by atoms with E-state index in [0.29, 0.717) is 32.5 Å². The van der Waals surface area contributed by atoms with Crippen LogP contribution in [-0.4, -0.2) is 21.7 Å². The van der Waals surface area contributed by atoms with Gasteiger partial charge in [0.15, 0.2) is 5.78 Å². The molecule has 2 heterocycles. The van der Waals surface area contributed by atoms with Gasteiger partial charge in [0.1, 0.15) is 5.76 Å². The van der Waals surface area contributed by atoms with Crippen LogP contribution in [0.5, 0.6) is 0 Å². The van der Waals surface area contributed by atoms with E-state index in [1.165, 1.54) is 0 Å². The minimum Gasteiger partial charge on any atom is -0.469 e. The fourth-order valence-corrected chi connectivity index (χ4v) is 2.82. The van der Waals surface area contributed by atoms with Crippen molar-refractivity contribution in [1.29, 1.82) is 0 Å². The van der Waals surface area contributed by atoms with E-state index >= 15 is 0 Å². The number of hydrogen-bond acceptors (Lipinski definition) is 6. The fraction of sp³-hybridized carbons (Fsp3) is 0.133. The van der Waals surface area contributed by atoms with Gasteiger partial charge in [0, 0.05) is 5.56 Å². The van der Waals surface area contributed by atoms with Gasteiger partial charge in [-0.25, -0.2) is 0 Å². The van der Waals surface area contributed by atoms with Crippen molar-refractivity contribution in [1.82, 2.24) is 10.2 Å². The third kappa shape index (κ3) is 3.60. The number of hydrogen-bond donors (Lipinski definition) is 0. The average Bonchev–Trinajstić information content (AvgIpc) is 3.16. The minimum atomic E-state index is -0.104. The van der Waals surface area contributed by atoms with Crippen molar-refractivity contribution < 1.29 is 13.6 Å². The molecule has 0 bridgehead atoms. The lowest BCUT2D eigenvalue weighted by molar-refractivity contribution is 0.102. The quantitative estimate of drug-likeness (QED) is 0.470. The number of carbonyl (C=O) groups excluding carboxylic acids is 1. The maximum Gasteiger partial charge on any atom is 0.277 e. The molecule has 3 rings (SSSR count). The molecule has 23 heavy (non-hydrogen) atoms. The molecule has 0 unspecified atom stereocenters. The topological polar surface area (TPSA) is 69.1 Å². The molecular formula is C15H10Cl2N2O3S. The van der Waals surface area contributed by atoms with E-state index in [1.807, 2.05) is 0 Å². The Morgan fingerprint density at radius 3 is 2.74 bits per heavy atom. The first kappa shape index (κ1) is 16.1. The molecule has 0 aliphatic heterocycles. The highest BCUT2D eigenvalue weighted by Crippen LogP contribution is 2.27. The van der Waals surface area contributed by atoms with Gasteiger partial charge in [0.2, 0.25) is 0 Å². The molecule has 0 fully saturated rings. The highest BCUT2D eigenvalue weighted by Gasteiger charge is 2.15. The van der Waals surface area contributed by atoms with Gasteiger partial charge in [-0.1, -0.05) is 35.0 Å². The molecule has 1 aromatic carbocycles. The third-order valence-corrected chi connectivity index (χ3v) is 4.62. The fourth-order valence-electron chi connectivity index (χ4n) is 1.86. The number of furan rings is 1. The van der Waals surface area contributed by atoms with Crippen LogP contribution in [-0.2, 0) is 0 Å². The zero-order valence-electron chi connectivity index (χ0n) is 11.9. The number of aromatic nitrogens is 2. The van der Waals surface area contributed by atoms with E-state index in [1.54, 1.807) is 37.5 Å². The number of benzene rings is 1. The zero-order valence-corrected chi connectivity index (χ0v) is 14.2. The number of Topliss-reactive ketones (excluding diaryl/α,β-unsaturated/α-hetero) is 1. The van der Waals surface area contributed by atoms with Crippen LogP contribution in [0.1, 0.15) is 16.1 Å². The Morgan fingerprint density at radius 2 is 2.04 bits per heavy atom. The van der Waals surface area contributed by atoms with E-state index in [-0.39, 0.29) is 11.5 Å². The van der Waals surface area contributed by atoms with Crippen LogP contribution < -0.4 is 0 Å². The summed E-state index contributed by atoms with van der Waals surface area (Å²) in [5.41, 5.74) is 1.22. The number of ketones is 1. The number of carbonyl (C=O) groups is 1. The second kappa shape index (κ2) is 6.78. The van der Waals surface area contributed by atoms with Crippen molar-refractivity contribution in [3.8, 4) is 11.5 Å². The normalized spacial score (nSPS) is 10.9. The molecule has 0 saturated carbocycles. The van der Waals surface area contributed by atoms with Crippen LogP contribution in [0.3, 0.4) is 0 Å². The van der Waals surface area contributed by atoms with E-state index < -0.39 is 0 Å². The summed E-state index contributed by atoms with van der Waals surface area (Å²) < 4.78 is 10.7. The minimum absolute atomic E-state index is 0.104. The summed E-state index contributed by atoms with van der Waals surface area (Å²) in [6.45, 7) is 1.81. The lowest BCUT2D eigenvalue weighted by Crippen LogP contribution is -2.02. The van der Waals surface area contributed by atoms with Crippen molar-refractivity contribution in [3.05, 3.63) is 51.9 Å². The van der Waals surface area contributed by atoms with Gasteiger partial charge in [-0.05, 0) is 31.2 Å². The molecule has 8 heteroatoms. The molecule has 0 radical (unpaired) electrons. The Labute approximate surface area is 146 Å². The third-order valence-electron chi connectivity index (χ3n) is 3.06.